The molecule has 0 amide bonds. The van der Waals surface area contributed by atoms with Crippen molar-refractivity contribution in [3.63, 3.8) is 0 Å². The van der Waals surface area contributed by atoms with Crippen LogP contribution in [0.3, 0.4) is 0 Å². The van der Waals surface area contributed by atoms with Crippen LogP contribution >= 0.6 is 7.82 Å². The number of aromatic nitrogens is 3. The van der Waals surface area contributed by atoms with E-state index in [1.807, 2.05) is 30.3 Å². The van der Waals surface area contributed by atoms with E-state index in [0.717, 1.165) is 63.1 Å². The van der Waals surface area contributed by atoms with Crippen LogP contribution in [0.4, 0.5) is 5.82 Å². The predicted molar refractivity (Wildman–Crippen MR) is 215 cm³/mol. The van der Waals surface area contributed by atoms with E-state index in [-0.39, 0.29) is 24.7 Å². The summed E-state index contributed by atoms with van der Waals surface area (Å²) in [5.74, 6) is 0.860. The van der Waals surface area contributed by atoms with Crippen molar-refractivity contribution in [1.82, 2.24) is 14.6 Å². The van der Waals surface area contributed by atoms with E-state index in [9.17, 15) is 24.9 Å². The monoisotopic (exact) mass is 817 g/mol. The summed E-state index contributed by atoms with van der Waals surface area (Å²) in [5.41, 5.74) is 5.21. The number of nitrogen functional groups attached to an aromatic ring is 1. The number of aliphatic hydroxyl groups excluding tert-OH is 2. The lowest BCUT2D eigenvalue weighted by Gasteiger charge is -2.24. The number of methoxy groups -OCH3 is 1. The highest BCUT2D eigenvalue weighted by molar-refractivity contribution is 7.47. The van der Waals surface area contributed by atoms with E-state index in [4.69, 9.17) is 33.7 Å². The zero-order valence-electron chi connectivity index (χ0n) is 33.7. The second-order valence-corrected chi connectivity index (χ2v) is 16.2. The number of anilines is 1. The van der Waals surface area contributed by atoms with Gasteiger partial charge in [-0.15, -0.1) is 0 Å². The van der Waals surface area contributed by atoms with Gasteiger partial charge in [-0.1, -0.05) is 103 Å². The van der Waals surface area contributed by atoms with Crippen molar-refractivity contribution < 1.29 is 47.7 Å². The number of rotatable bonds is 30. The average molecular weight is 818 g/mol. The number of benzene rings is 1. The summed E-state index contributed by atoms with van der Waals surface area (Å²) in [4.78, 5) is 14.5. The third-order valence-electron chi connectivity index (χ3n) is 10.4. The van der Waals surface area contributed by atoms with Crippen LogP contribution in [0.15, 0.2) is 42.7 Å². The van der Waals surface area contributed by atoms with Gasteiger partial charge in [-0.2, -0.15) is 10.4 Å². The first kappa shape index (κ1) is 46.5. The second-order valence-electron chi connectivity index (χ2n) is 14.8. The lowest BCUT2D eigenvalue weighted by molar-refractivity contribution is -0.0658. The standard InChI is InChI=1S/C41H64N5O10P/c1-3-4-5-6-10-13-16-25-52-26-17-14-11-8-7-9-12-15-18-34(53-27-32-19-21-33(51-2)22-20-32)28-54-57(49,50)55-29-36-38(47)39(48)41(30-42,56-36)37-24-23-35-40(43)44-31-45-46(35)37/h19-24,31,34,36,38-39,47-48H,3-18,25-29H2,1-2H3,(H,49,50)(H2,43,44,45)/t34-,36-,38+,39?,41+/m1/s1. The maximum Gasteiger partial charge on any atom is 0.472 e. The number of ether oxygens (including phenoxy) is 4. The highest BCUT2D eigenvalue weighted by atomic mass is 31.2. The molecular formula is C41H64N5O10P. The summed E-state index contributed by atoms with van der Waals surface area (Å²) in [7, 11) is -3.09. The minimum absolute atomic E-state index is 0.0955. The van der Waals surface area contributed by atoms with Gasteiger partial charge < -0.3 is 39.8 Å². The number of phosphoric acid groups is 1. The molecular weight excluding hydrogens is 753 g/mol. The highest BCUT2D eigenvalue weighted by Crippen LogP contribution is 2.46. The number of phosphoric ester groups is 1. The first-order valence-corrected chi connectivity index (χ1v) is 22.1. The van der Waals surface area contributed by atoms with E-state index < -0.39 is 44.4 Å². The lowest BCUT2D eigenvalue weighted by Crippen LogP contribution is -2.41. The number of hydrogen-bond donors (Lipinski definition) is 4. The SMILES string of the molecule is CCCCCCCCCOCCCCCCCCCC[C@H](COP(=O)(O)OC[C@H]1O[C@@](C#N)(c2ccc3c(N)ncnn23)C(O)[C@H]1O)OCc1ccc(OC)cc1. The molecule has 1 aromatic carbocycles. The third-order valence-corrected chi connectivity index (χ3v) is 11.4. The highest BCUT2D eigenvalue weighted by Gasteiger charge is 2.58. The van der Waals surface area contributed by atoms with Crippen LogP contribution in [0.1, 0.15) is 121 Å². The maximum absolute atomic E-state index is 13.1. The molecule has 6 atom stereocenters. The fraction of sp³-hybridized carbons (Fsp3) is 0.683. The lowest BCUT2D eigenvalue weighted by atomic mass is 9.92. The molecule has 5 N–H and O–H groups in total. The fourth-order valence-electron chi connectivity index (χ4n) is 6.98. The van der Waals surface area contributed by atoms with Gasteiger partial charge in [0.2, 0.25) is 5.60 Å². The number of nitrogens with zero attached hydrogens (tertiary/aromatic N) is 4. The number of fused-ring (bicyclic) bond motifs is 1. The summed E-state index contributed by atoms with van der Waals surface area (Å²) in [5, 5.41) is 36.1. The van der Waals surface area contributed by atoms with Crippen LogP contribution in [0, 0.1) is 11.3 Å². The van der Waals surface area contributed by atoms with Gasteiger partial charge in [-0.3, -0.25) is 9.05 Å². The quantitative estimate of drug-likeness (QED) is 0.0388. The minimum Gasteiger partial charge on any atom is -0.497 e. The third kappa shape index (κ3) is 14.6. The van der Waals surface area contributed by atoms with Gasteiger partial charge in [0.05, 0.1) is 38.7 Å². The normalized spacial score (nSPS) is 21.1. The topological polar surface area (TPSA) is 213 Å². The molecule has 0 aliphatic carbocycles. The van der Waals surface area contributed by atoms with Gasteiger partial charge in [0.25, 0.3) is 0 Å². The molecule has 57 heavy (non-hydrogen) atoms. The number of hydrogen-bond acceptors (Lipinski definition) is 13. The van der Waals surface area contributed by atoms with Crippen molar-refractivity contribution in [2.45, 2.75) is 146 Å². The van der Waals surface area contributed by atoms with Crippen molar-refractivity contribution in [1.29, 1.82) is 5.26 Å². The molecule has 2 unspecified atom stereocenters. The molecule has 0 spiro atoms. The van der Waals surface area contributed by atoms with Crippen LogP contribution in [-0.2, 0) is 40.0 Å². The molecule has 3 heterocycles. The Morgan fingerprint density at radius 2 is 1.56 bits per heavy atom. The largest absolute Gasteiger partial charge is 0.497 e. The molecule has 1 aliphatic rings. The van der Waals surface area contributed by atoms with Gasteiger partial charge in [-0.25, -0.2) is 14.1 Å². The number of aliphatic hydroxyl groups is 2. The molecule has 16 heteroatoms. The first-order chi connectivity index (χ1) is 27.6. The van der Waals surface area contributed by atoms with E-state index in [1.54, 1.807) is 13.2 Å². The summed E-state index contributed by atoms with van der Waals surface area (Å²) in [6.07, 6.45) is 14.4. The molecule has 4 rings (SSSR count). The molecule has 1 aliphatic heterocycles. The van der Waals surface area contributed by atoms with Crippen LogP contribution in [0.5, 0.6) is 5.75 Å². The molecule has 1 saturated heterocycles. The van der Waals surface area contributed by atoms with Crippen molar-refractivity contribution in [2.24, 2.45) is 0 Å². The Kier molecular flexibility index (Phi) is 20.2. The smallest absolute Gasteiger partial charge is 0.472 e. The second kappa shape index (κ2) is 24.7. The summed E-state index contributed by atoms with van der Waals surface area (Å²) >= 11 is 0. The Hall–Kier alpha value is -3.16. The molecule has 15 nitrogen and oxygen atoms in total. The zero-order chi connectivity index (χ0) is 40.9. The Bertz CT molecular complexity index is 1670. The van der Waals surface area contributed by atoms with E-state index in [1.165, 1.54) is 74.7 Å². The molecule has 2 aromatic heterocycles. The van der Waals surface area contributed by atoms with Crippen LogP contribution in [-0.4, -0.2) is 87.7 Å². The molecule has 318 valence electrons. The molecule has 0 bridgehead atoms. The molecule has 1 fully saturated rings. The van der Waals surface area contributed by atoms with Gasteiger partial charge in [0.15, 0.2) is 5.82 Å². The zero-order valence-corrected chi connectivity index (χ0v) is 34.6. The molecule has 3 aromatic rings. The molecule has 0 radical (unpaired) electrons. The van der Waals surface area contributed by atoms with Gasteiger partial charge in [0.1, 0.15) is 42.0 Å². The van der Waals surface area contributed by atoms with Crippen LogP contribution in [0.25, 0.3) is 5.52 Å². The number of nitrogens with two attached hydrogens (primary N) is 1. The fourth-order valence-corrected chi connectivity index (χ4v) is 7.75. The Morgan fingerprint density at radius 3 is 2.19 bits per heavy atom. The van der Waals surface area contributed by atoms with E-state index >= 15 is 0 Å². The summed E-state index contributed by atoms with van der Waals surface area (Å²) in [6.45, 7) is 3.36. The Morgan fingerprint density at radius 1 is 0.930 bits per heavy atom. The predicted octanol–water partition coefficient (Wildman–Crippen LogP) is 7.16. The van der Waals surface area contributed by atoms with E-state index in [2.05, 4.69) is 17.0 Å². The maximum atomic E-state index is 13.1. The van der Waals surface area contributed by atoms with Crippen LogP contribution in [0.2, 0.25) is 0 Å². The Balaban J connectivity index is 1.18. The number of unbranched alkanes of at least 4 members (excludes halogenated alkanes) is 13. The van der Waals surface area contributed by atoms with Crippen molar-refractivity contribution >= 4 is 19.2 Å². The van der Waals surface area contributed by atoms with Gasteiger partial charge in [-0.05, 0) is 49.1 Å². The van der Waals surface area contributed by atoms with Crippen LogP contribution < -0.4 is 10.5 Å². The van der Waals surface area contributed by atoms with Crippen molar-refractivity contribution in [3.05, 3.63) is 54.0 Å². The number of nitriles is 1. The summed E-state index contributed by atoms with van der Waals surface area (Å²) in [6, 6.07) is 12.4. The van der Waals surface area contributed by atoms with Crippen molar-refractivity contribution in [2.75, 3.05) is 39.3 Å². The average Bonchev–Trinajstić information content (AvgIpc) is 3.77. The summed E-state index contributed by atoms with van der Waals surface area (Å²) < 4.78 is 48.0. The minimum atomic E-state index is -4.69. The van der Waals surface area contributed by atoms with Crippen molar-refractivity contribution in [3.8, 4) is 11.8 Å². The Labute approximate surface area is 337 Å². The van der Waals surface area contributed by atoms with E-state index in [0.29, 0.717) is 11.9 Å². The van der Waals surface area contributed by atoms with Gasteiger partial charge >= 0.3 is 7.82 Å². The first-order valence-electron chi connectivity index (χ1n) is 20.6. The molecule has 0 saturated carbocycles. The van der Waals surface area contributed by atoms with Gasteiger partial charge in [0, 0.05) is 13.2 Å².